The number of ketones is 1. The molecule has 0 fully saturated rings. The second-order valence-corrected chi connectivity index (χ2v) is 2.17. The maximum absolute atomic E-state index is 9.54. The topological polar surface area (TPSA) is 127 Å². The SMILES string of the molecule is CC(=O)C(=O)O.CNCC(O)(O)O. The zero-order chi connectivity index (χ0) is 11.1. The fourth-order valence-electron chi connectivity index (χ4n) is 0.237. The van der Waals surface area contributed by atoms with Crippen molar-refractivity contribution in [2.24, 2.45) is 0 Å². The van der Waals surface area contributed by atoms with Crippen molar-refractivity contribution in [3.63, 3.8) is 0 Å². The Hall–Kier alpha value is -1.02. The molecule has 0 atom stereocenters. The lowest BCUT2D eigenvalue weighted by Gasteiger charge is -2.11. The van der Waals surface area contributed by atoms with Crippen LogP contribution in [0.25, 0.3) is 0 Å². The summed E-state index contributed by atoms with van der Waals surface area (Å²) in [6, 6.07) is 0. The van der Waals surface area contributed by atoms with Crippen LogP contribution in [0.15, 0.2) is 0 Å². The number of Topliss-reactive ketones (excluding diaryl/α,β-unsaturated/α-hetero) is 1. The van der Waals surface area contributed by atoms with Gasteiger partial charge in [-0.25, -0.2) is 4.79 Å². The van der Waals surface area contributed by atoms with Crippen molar-refractivity contribution >= 4 is 11.8 Å². The molecular formula is C6H13NO6. The highest BCUT2D eigenvalue weighted by Crippen LogP contribution is 1.85. The van der Waals surface area contributed by atoms with Crippen molar-refractivity contribution in [2.45, 2.75) is 12.9 Å². The molecule has 7 nitrogen and oxygen atoms in total. The fraction of sp³-hybridized carbons (Fsp3) is 0.667. The number of aliphatic hydroxyl groups is 3. The summed E-state index contributed by atoms with van der Waals surface area (Å²) in [4.78, 5) is 18.9. The lowest BCUT2D eigenvalue weighted by Crippen LogP contribution is -2.38. The number of likely N-dealkylation sites (N-methyl/N-ethyl adjacent to an activating group) is 1. The Labute approximate surface area is 74.6 Å². The largest absolute Gasteiger partial charge is 0.476 e. The van der Waals surface area contributed by atoms with Crippen molar-refractivity contribution in [1.29, 1.82) is 0 Å². The molecule has 0 unspecified atom stereocenters. The number of carboxylic acids is 1. The highest BCUT2D eigenvalue weighted by Gasteiger charge is 2.14. The Morgan fingerprint density at radius 1 is 1.31 bits per heavy atom. The van der Waals surface area contributed by atoms with Crippen LogP contribution in [0.3, 0.4) is 0 Å². The van der Waals surface area contributed by atoms with Gasteiger partial charge in [0.2, 0.25) is 5.78 Å². The lowest BCUT2D eigenvalue weighted by atomic mass is 10.5. The molecule has 0 radical (unpaired) electrons. The third-order valence-electron chi connectivity index (χ3n) is 0.715. The molecule has 0 aliphatic heterocycles. The third kappa shape index (κ3) is 18.2. The number of rotatable bonds is 3. The molecule has 0 aliphatic rings. The van der Waals surface area contributed by atoms with Crippen LogP contribution in [-0.4, -0.2) is 51.7 Å². The number of carbonyl (C=O) groups excluding carboxylic acids is 1. The predicted molar refractivity (Wildman–Crippen MR) is 41.6 cm³/mol. The van der Waals surface area contributed by atoms with Crippen LogP contribution in [0.5, 0.6) is 0 Å². The van der Waals surface area contributed by atoms with Crippen LogP contribution in [0.2, 0.25) is 0 Å². The number of hydrogen-bond donors (Lipinski definition) is 5. The summed E-state index contributed by atoms with van der Waals surface area (Å²) in [7, 11) is 1.50. The van der Waals surface area contributed by atoms with Gasteiger partial charge in [0.25, 0.3) is 5.97 Å². The molecule has 0 bridgehead atoms. The minimum Gasteiger partial charge on any atom is -0.476 e. The molecule has 0 aromatic heterocycles. The van der Waals surface area contributed by atoms with Crippen molar-refractivity contribution in [1.82, 2.24) is 5.32 Å². The summed E-state index contributed by atoms with van der Waals surface area (Å²) in [5.41, 5.74) is 0. The maximum Gasteiger partial charge on any atom is 0.371 e. The molecule has 5 N–H and O–H groups in total. The lowest BCUT2D eigenvalue weighted by molar-refractivity contribution is -0.305. The van der Waals surface area contributed by atoms with Gasteiger partial charge < -0.3 is 25.7 Å². The smallest absolute Gasteiger partial charge is 0.371 e. The van der Waals surface area contributed by atoms with Crippen molar-refractivity contribution in [2.75, 3.05) is 13.6 Å². The third-order valence-corrected chi connectivity index (χ3v) is 0.715. The van der Waals surface area contributed by atoms with Crippen molar-refractivity contribution in [3.8, 4) is 0 Å². The highest BCUT2D eigenvalue weighted by molar-refractivity contribution is 6.31. The molecule has 0 saturated heterocycles. The van der Waals surface area contributed by atoms with Crippen LogP contribution in [-0.2, 0) is 9.59 Å². The van der Waals surface area contributed by atoms with Gasteiger partial charge in [0, 0.05) is 6.92 Å². The first-order valence-electron chi connectivity index (χ1n) is 3.26. The van der Waals surface area contributed by atoms with Gasteiger partial charge in [-0.1, -0.05) is 0 Å². The van der Waals surface area contributed by atoms with E-state index in [0.29, 0.717) is 0 Å². The number of nitrogens with one attached hydrogen (secondary N) is 1. The highest BCUT2D eigenvalue weighted by atomic mass is 16.7. The van der Waals surface area contributed by atoms with E-state index in [2.05, 4.69) is 5.32 Å². The van der Waals surface area contributed by atoms with Gasteiger partial charge in [0.15, 0.2) is 0 Å². The second kappa shape index (κ2) is 6.49. The molecule has 0 aliphatic carbocycles. The number of carboxylic acid groups (broad SMARTS) is 1. The Morgan fingerprint density at radius 3 is 1.62 bits per heavy atom. The monoisotopic (exact) mass is 195 g/mol. The molecule has 78 valence electrons. The van der Waals surface area contributed by atoms with E-state index in [1.807, 2.05) is 0 Å². The Balaban J connectivity index is 0. The van der Waals surface area contributed by atoms with E-state index in [-0.39, 0.29) is 6.54 Å². The van der Waals surface area contributed by atoms with E-state index >= 15 is 0 Å². The molecule has 0 saturated carbocycles. The van der Waals surface area contributed by atoms with E-state index in [1.54, 1.807) is 0 Å². The van der Waals surface area contributed by atoms with E-state index in [4.69, 9.17) is 20.4 Å². The van der Waals surface area contributed by atoms with E-state index < -0.39 is 17.7 Å². The molecule has 13 heavy (non-hydrogen) atoms. The van der Waals surface area contributed by atoms with Gasteiger partial charge >= 0.3 is 5.97 Å². The predicted octanol–water partition coefficient (Wildman–Crippen LogP) is -2.50. The van der Waals surface area contributed by atoms with Gasteiger partial charge in [-0.05, 0) is 7.05 Å². The molecule has 7 heteroatoms. The first kappa shape index (κ1) is 14.5. The summed E-state index contributed by atoms with van der Waals surface area (Å²) in [6.07, 6.45) is 0. The zero-order valence-corrected chi connectivity index (χ0v) is 7.31. The summed E-state index contributed by atoms with van der Waals surface area (Å²) in [5, 5.41) is 34.2. The Bertz CT molecular complexity index is 160. The van der Waals surface area contributed by atoms with Gasteiger partial charge in [-0.15, -0.1) is 0 Å². The van der Waals surface area contributed by atoms with Crippen LogP contribution >= 0.6 is 0 Å². The van der Waals surface area contributed by atoms with E-state index in [0.717, 1.165) is 6.92 Å². The van der Waals surface area contributed by atoms with Crippen LogP contribution < -0.4 is 5.32 Å². The van der Waals surface area contributed by atoms with Crippen LogP contribution in [0.4, 0.5) is 0 Å². The Kier molecular flexibility index (Phi) is 7.24. The zero-order valence-electron chi connectivity index (χ0n) is 7.31. The molecule has 0 aromatic rings. The maximum atomic E-state index is 9.54. The molecule has 0 heterocycles. The average Bonchev–Trinajstić information content (AvgIpc) is 1.85. The molecule has 0 rings (SSSR count). The van der Waals surface area contributed by atoms with Crippen LogP contribution in [0.1, 0.15) is 6.92 Å². The average molecular weight is 195 g/mol. The van der Waals surface area contributed by atoms with Gasteiger partial charge in [0.1, 0.15) is 0 Å². The summed E-state index contributed by atoms with van der Waals surface area (Å²) < 4.78 is 0. The minimum absolute atomic E-state index is 0.243. The summed E-state index contributed by atoms with van der Waals surface area (Å²) >= 11 is 0. The molecule has 0 spiro atoms. The Morgan fingerprint density at radius 2 is 1.62 bits per heavy atom. The minimum atomic E-state index is -2.56. The van der Waals surface area contributed by atoms with Gasteiger partial charge in [-0.2, -0.15) is 0 Å². The van der Waals surface area contributed by atoms with Crippen molar-refractivity contribution in [3.05, 3.63) is 0 Å². The molecule has 0 aromatic carbocycles. The van der Waals surface area contributed by atoms with E-state index in [9.17, 15) is 9.59 Å². The second-order valence-electron chi connectivity index (χ2n) is 2.17. The summed E-state index contributed by atoms with van der Waals surface area (Å²) in [5.74, 6) is -4.76. The number of carbonyl (C=O) groups is 2. The number of aliphatic carboxylic acids is 1. The fourth-order valence-corrected chi connectivity index (χ4v) is 0.237. The van der Waals surface area contributed by atoms with E-state index in [1.165, 1.54) is 7.05 Å². The quantitative estimate of drug-likeness (QED) is 0.249. The van der Waals surface area contributed by atoms with Crippen LogP contribution in [0, 0.1) is 0 Å². The first-order chi connectivity index (χ1) is 5.70. The standard InChI is InChI=1S/C3H9NO3.C3H4O3/c1-4-2-3(5,6)7;1-2(4)3(5)6/h4-7H,2H2,1H3;1H3,(H,5,6). The molecule has 0 amide bonds. The van der Waals surface area contributed by atoms with Gasteiger partial charge in [-0.3, -0.25) is 4.79 Å². The van der Waals surface area contributed by atoms with Crippen molar-refractivity contribution < 1.29 is 30.0 Å². The summed E-state index contributed by atoms with van der Waals surface area (Å²) in [6.45, 7) is 0.759. The first-order valence-corrected chi connectivity index (χ1v) is 3.26. The molecular weight excluding hydrogens is 182 g/mol. The normalized spacial score (nSPS) is 9.92. The number of hydrogen-bond acceptors (Lipinski definition) is 6. The van der Waals surface area contributed by atoms with Gasteiger partial charge in [0.05, 0.1) is 6.54 Å².